The van der Waals surface area contributed by atoms with E-state index in [1.54, 1.807) is 18.4 Å². The van der Waals surface area contributed by atoms with Gasteiger partial charge in [0.1, 0.15) is 0 Å². The minimum Gasteiger partial charge on any atom is -0.461 e. The summed E-state index contributed by atoms with van der Waals surface area (Å²) in [4.78, 5) is 4.25. The van der Waals surface area contributed by atoms with Crippen LogP contribution < -0.4 is 5.73 Å². The second kappa shape index (κ2) is 3.75. The molecule has 2 N–H and O–H groups in total. The third-order valence-electron chi connectivity index (χ3n) is 2.85. The van der Waals surface area contributed by atoms with Crippen molar-refractivity contribution in [3.05, 3.63) is 24.3 Å². The van der Waals surface area contributed by atoms with Crippen molar-refractivity contribution in [3.63, 3.8) is 0 Å². The van der Waals surface area contributed by atoms with Crippen molar-refractivity contribution in [3.8, 4) is 11.6 Å². The molecule has 0 aromatic carbocycles. The smallest absolute Gasteiger partial charge is 0.238 e. The average molecular weight is 219 g/mol. The molecule has 0 bridgehead atoms. The molecule has 3 rings (SSSR count). The third kappa shape index (κ3) is 1.86. The van der Waals surface area contributed by atoms with Gasteiger partial charge in [0, 0.05) is 12.5 Å². The molecular formula is C11H13N3O2. The molecule has 0 saturated heterocycles. The molecule has 5 nitrogen and oxygen atoms in total. The van der Waals surface area contributed by atoms with E-state index in [-0.39, 0.29) is 6.04 Å². The quantitative estimate of drug-likeness (QED) is 0.845. The average Bonchev–Trinajstić information content (AvgIpc) is 2.80. The van der Waals surface area contributed by atoms with E-state index in [1.807, 2.05) is 0 Å². The molecule has 0 amide bonds. The van der Waals surface area contributed by atoms with E-state index >= 15 is 0 Å². The van der Waals surface area contributed by atoms with Gasteiger partial charge in [-0.1, -0.05) is 5.16 Å². The maximum Gasteiger partial charge on any atom is 0.238 e. The third-order valence-corrected chi connectivity index (χ3v) is 2.85. The van der Waals surface area contributed by atoms with Gasteiger partial charge < -0.3 is 14.7 Å². The van der Waals surface area contributed by atoms with Crippen LogP contribution in [0.4, 0.5) is 0 Å². The molecule has 0 aliphatic heterocycles. The van der Waals surface area contributed by atoms with Crippen molar-refractivity contribution in [2.24, 2.45) is 11.7 Å². The summed E-state index contributed by atoms with van der Waals surface area (Å²) in [6.45, 7) is 0. The Morgan fingerprint density at radius 2 is 2.38 bits per heavy atom. The zero-order valence-electron chi connectivity index (χ0n) is 8.80. The van der Waals surface area contributed by atoms with Gasteiger partial charge in [0.2, 0.25) is 11.7 Å². The van der Waals surface area contributed by atoms with Crippen molar-refractivity contribution in [2.45, 2.75) is 25.3 Å². The minimum absolute atomic E-state index is 0.143. The van der Waals surface area contributed by atoms with Crippen LogP contribution in [0.25, 0.3) is 11.6 Å². The van der Waals surface area contributed by atoms with Crippen LogP contribution in [0.5, 0.6) is 0 Å². The summed E-state index contributed by atoms with van der Waals surface area (Å²) in [5, 5.41) is 3.86. The molecule has 1 fully saturated rings. The number of nitrogens with two attached hydrogens (primary N) is 1. The Bertz CT molecular complexity index is 459. The molecule has 2 aromatic heterocycles. The van der Waals surface area contributed by atoms with E-state index in [0.717, 1.165) is 0 Å². The summed E-state index contributed by atoms with van der Waals surface area (Å²) in [6, 6.07) is 3.74. The summed E-state index contributed by atoms with van der Waals surface area (Å²) < 4.78 is 10.3. The van der Waals surface area contributed by atoms with Gasteiger partial charge in [0.15, 0.2) is 5.76 Å². The Labute approximate surface area is 92.6 Å². The Balaban J connectivity index is 1.72. The summed E-state index contributed by atoms with van der Waals surface area (Å²) in [7, 11) is 0. The van der Waals surface area contributed by atoms with Gasteiger partial charge in [-0.2, -0.15) is 4.98 Å². The van der Waals surface area contributed by atoms with Crippen LogP contribution in [0.1, 0.15) is 18.7 Å². The number of aromatic nitrogens is 2. The van der Waals surface area contributed by atoms with E-state index in [0.29, 0.717) is 29.8 Å². The van der Waals surface area contributed by atoms with Crippen LogP contribution in [0.2, 0.25) is 0 Å². The lowest BCUT2D eigenvalue weighted by Gasteiger charge is -2.04. The molecule has 1 aliphatic carbocycles. The first-order valence-corrected chi connectivity index (χ1v) is 5.45. The number of nitrogens with zero attached hydrogens (tertiary/aromatic N) is 2. The van der Waals surface area contributed by atoms with Gasteiger partial charge in [-0.15, -0.1) is 0 Å². The van der Waals surface area contributed by atoms with Crippen molar-refractivity contribution < 1.29 is 8.94 Å². The van der Waals surface area contributed by atoms with Crippen LogP contribution in [-0.4, -0.2) is 16.2 Å². The molecule has 0 radical (unpaired) electrons. The molecule has 1 unspecified atom stereocenters. The fourth-order valence-corrected chi connectivity index (χ4v) is 1.74. The lowest BCUT2D eigenvalue weighted by molar-refractivity contribution is 0.363. The minimum atomic E-state index is 0.143. The van der Waals surface area contributed by atoms with Gasteiger partial charge in [0.05, 0.1) is 6.26 Å². The zero-order valence-corrected chi connectivity index (χ0v) is 8.80. The predicted octanol–water partition coefficient (Wildman–Crippen LogP) is 1.61. The van der Waals surface area contributed by atoms with Gasteiger partial charge >= 0.3 is 0 Å². The predicted molar refractivity (Wildman–Crippen MR) is 56.4 cm³/mol. The Morgan fingerprint density at radius 1 is 1.50 bits per heavy atom. The lowest BCUT2D eigenvalue weighted by atomic mass is 10.1. The first kappa shape index (κ1) is 9.59. The standard InChI is InChI=1S/C11H13N3O2/c12-8(7-3-4-7)6-10-13-11(14-16-10)9-2-1-5-15-9/h1-2,5,7-8H,3-4,6,12H2. The molecule has 1 saturated carbocycles. The summed E-state index contributed by atoms with van der Waals surface area (Å²) in [5.74, 6) is 2.34. The Hall–Kier alpha value is -1.62. The first-order valence-electron chi connectivity index (χ1n) is 5.45. The highest BCUT2D eigenvalue weighted by Gasteiger charge is 2.29. The fraction of sp³-hybridized carbons (Fsp3) is 0.455. The second-order valence-corrected chi connectivity index (χ2v) is 4.19. The monoisotopic (exact) mass is 219 g/mol. The van der Waals surface area contributed by atoms with Gasteiger partial charge in [0.25, 0.3) is 0 Å². The van der Waals surface area contributed by atoms with Crippen LogP contribution >= 0.6 is 0 Å². The van der Waals surface area contributed by atoms with Gasteiger partial charge in [-0.25, -0.2) is 0 Å². The molecule has 84 valence electrons. The summed E-state index contributed by atoms with van der Waals surface area (Å²) >= 11 is 0. The molecule has 5 heteroatoms. The SMILES string of the molecule is NC(Cc1nc(-c2ccco2)no1)C1CC1. The maximum atomic E-state index is 5.99. The largest absolute Gasteiger partial charge is 0.461 e. The Kier molecular flexibility index (Phi) is 2.25. The van der Waals surface area contributed by atoms with E-state index in [4.69, 9.17) is 14.7 Å². The van der Waals surface area contributed by atoms with Crippen LogP contribution in [0.15, 0.2) is 27.3 Å². The van der Waals surface area contributed by atoms with Crippen LogP contribution in [-0.2, 0) is 6.42 Å². The van der Waals surface area contributed by atoms with Crippen molar-refractivity contribution in [1.82, 2.24) is 10.1 Å². The molecule has 0 spiro atoms. The van der Waals surface area contributed by atoms with Crippen LogP contribution in [0.3, 0.4) is 0 Å². The summed E-state index contributed by atoms with van der Waals surface area (Å²) in [5.41, 5.74) is 5.99. The first-order chi connectivity index (χ1) is 7.83. The molecule has 2 heterocycles. The van der Waals surface area contributed by atoms with Crippen LogP contribution in [0, 0.1) is 5.92 Å². The fourth-order valence-electron chi connectivity index (χ4n) is 1.74. The van der Waals surface area contributed by atoms with Crippen molar-refractivity contribution in [1.29, 1.82) is 0 Å². The summed E-state index contributed by atoms with van der Waals surface area (Å²) in [6.07, 6.45) is 4.68. The van der Waals surface area contributed by atoms with Gasteiger partial charge in [-0.3, -0.25) is 0 Å². The number of hydrogen-bond acceptors (Lipinski definition) is 5. The number of furan rings is 1. The van der Waals surface area contributed by atoms with Crippen molar-refractivity contribution in [2.75, 3.05) is 0 Å². The normalized spacial score (nSPS) is 17.6. The topological polar surface area (TPSA) is 78.1 Å². The van der Waals surface area contributed by atoms with E-state index in [1.165, 1.54) is 12.8 Å². The van der Waals surface area contributed by atoms with Gasteiger partial charge in [-0.05, 0) is 30.9 Å². The number of hydrogen-bond donors (Lipinski definition) is 1. The van der Waals surface area contributed by atoms with E-state index in [9.17, 15) is 0 Å². The van der Waals surface area contributed by atoms with E-state index in [2.05, 4.69) is 10.1 Å². The highest BCUT2D eigenvalue weighted by molar-refractivity contribution is 5.44. The molecule has 1 atom stereocenters. The molecule has 2 aromatic rings. The molecule has 16 heavy (non-hydrogen) atoms. The number of rotatable bonds is 4. The second-order valence-electron chi connectivity index (χ2n) is 4.19. The lowest BCUT2D eigenvalue weighted by Crippen LogP contribution is -2.25. The molecular weight excluding hydrogens is 206 g/mol. The van der Waals surface area contributed by atoms with Crippen molar-refractivity contribution >= 4 is 0 Å². The highest BCUT2D eigenvalue weighted by atomic mass is 16.5. The Morgan fingerprint density at radius 3 is 3.06 bits per heavy atom. The highest BCUT2D eigenvalue weighted by Crippen LogP contribution is 2.32. The zero-order chi connectivity index (χ0) is 11.0. The van der Waals surface area contributed by atoms with E-state index < -0.39 is 0 Å². The molecule has 1 aliphatic rings. The maximum absolute atomic E-state index is 5.99.